The molecular formula is C29H28N4O3. The van der Waals surface area contributed by atoms with E-state index in [-0.39, 0.29) is 24.1 Å². The first-order valence-corrected chi connectivity index (χ1v) is 12.8. The molecule has 2 saturated heterocycles. The largest absolute Gasteiger partial charge is 0.448 e. The Morgan fingerprint density at radius 1 is 0.972 bits per heavy atom. The summed E-state index contributed by atoms with van der Waals surface area (Å²) >= 11 is 0. The number of aromatic nitrogens is 3. The average molecular weight is 481 g/mol. The summed E-state index contributed by atoms with van der Waals surface area (Å²) in [7, 11) is 0. The molecule has 4 heterocycles. The van der Waals surface area contributed by atoms with Crippen molar-refractivity contribution in [2.75, 3.05) is 6.61 Å². The van der Waals surface area contributed by atoms with Crippen molar-refractivity contribution in [3.8, 4) is 11.1 Å². The summed E-state index contributed by atoms with van der Waals surface area (Å²) < 4.78 is 7.88. The van der Waals surface area contributed by atoms with Gasteiger partial charge in [0, 0.05) is 43.2 Å². The molecular weight excluding hydrogens is 452 g/mol. The highest BCUT2D eigenvalue weighted by molar-refractivity contribution is 5.79. The van der Waals surface area contributed by atoms with Crippen molar-refractivity contribution >= 4 is 11.9 Å². The molecule has 2 atom stereocenters. The first kappa shape index (κ1) is 21.6. The molecule has 2 fully saturated rings. The molecule has 2 bridgehead atoms. The predicted octanol–water partition coefficient (Wildman–Crippen LogP) is 4.88. The lowest BCUT2D eigenvalue weighted by atomic mass is 9.74. The van der Waals surface area contributed by atoms with Crippen LogP contribution in [0.1, 0.15) is 54.8 Å². The Balaban J connectivity index is 1.12. The number of piperidine rings is 2. The van der Waals surface area contributed by atoms with Crippen molar-refractivity contribution in [2.45, 2.75) is 55.7 Å². The van der Waals surface area contributed by atoms with E-state index in [1.807, 2.05) is 33.7 Å². The predicted molar refractivity (Wildman–Crippen MR) is 134 cm³/mol. The van der Waals surface area contributed by atoms with Gasteiger partial charge in [-0.3, -0.25) is 4.40 Å². The van der Waals surface area contributed by atoms with Gasteiger partial charge in [0.15, 0.2) is 0 Å². The van der Waals surface area contributed by atoms with Crippen molar-refractivity contribution in [1.82, 2.24) is 19.3 Å². The van der Waals surface area contributed by atoms with Gasteiger partial charge in [0.2, 0.25) is 5.78 Å². The summed E-state index contributed by atoms with van der Waals surface area (Å²) in [5, 5.41) is 11.8. The Bertz CT molecular complexity index is 1400. The zero-order valence-corrected chi connectivity index (χ0v) is 20.0. The number of nitrogens with zero attached hydrogens (tertiary/aromatic N) is 4. The minimum atomic E-state index is -1.06. The summed E-state index contributed by atoms with van der Waals surface area (Å²) in [6.45, 7) is 0.312. The van der Waals surface area contributed by atoms with Gasteiger partial charge in [-0.25, -0.2) is 14.8 Å². The Morgan fingerprint density at radius 2 is 1.64 bits per heavy atom. The second kappa shape index (κ2) is 8.17. The highest BCUT2D eigenvalue weighted by Crippen LogP contribution is 2.46. The van der Waals surface area contributed by atoms with Crippen LogP contribution < -0.4 is 0 Å². The van der Waals surface area contributed by atoms with Crippen molar-refractivity contribution in [2.24, 2.45) is 0 Å². The van der Waals surface area contributed by atoms with Crippen molar-refractivity contribution < 1.29 is 14.6 Å². The number of hydrogen-bond acceptors (Lipinski definition) is 5. The molecule has 7 rings (SSSR count). The van der Waals surface area contributed by atoms with Crippen LogP contribution in [0.2, 0.25) is 0 Å². The minimum Gasteiger partial charge on any atom is -0.448 e. The van der Waals surface area contributed by atoms with E-state index in [0.29, 0.717) is 25.2 Å². The van der Waals surface area contributed by atoms with E-state index >= 15 is 0 Å². The molecule has 2 aromatic carbocycles. The average Bonchev–Trinajstić information content (AvgIpc) is 3.47. The summed E-state index contributed by atoms with van der Waals surface area (Å²) in [5.41, 5.74) is 4.54. The number of amides is 1. The highest BCUT2D eigenvalue weighted by Gasteiger charge is 2.50. The minimum absolute atomic E-state index is 0.0357. The molecule has 1 aliphatic carbocycles. The van der Waals surface area contributed by atoms with Crippen LogP contribution in [0.5, 0.6) is 0 Å². The summed E-state index contributed by atoms with van der Waals surface area (Å²) in [6.07, 6.45) is 8.74. The smallest absolute Gasteiger partial charge is 0.410 e. The van der Waals surface area contributed by atoms with E-state index in [4.69, 9.17) is 4.74 Å². The van der Waals surface area contributed by atoms with Crippen LogP contribution in [-0.4, -0.2) is 49.2 Å². The maximum Gasteiger partial charge on any atom is 0.410 e. The number of imidazole rings is 1. The third-order valence-electron chi connectivity index (χ3n) is 8.32. The highest BCUT2D eigenvalue weighted by atomic mass is 16.6. The van der Waals surface area contributed by atoms with Crippen LogP contribution in [0.25, 0.3) is 16.9 Å². The Morgan fingerprint density at radius 3 is 2.33 bits per heavy atom. The molecule has 2 aromatic heterocycles. The van der Waals surface area contributed by atoms with Gasteiger partial charge in [-0.05, 0) is 47.6 Å². The van der Waals surface area contributed by atoms with E-state index < -0.39 is 5.60 Å². The topological polar surface area (TPSA) is 80.0 Å². The Hall–Kier alpha value is -3.71. The van der Waals surface area contributed by atoms with E-state index in [0.717, 1.165) is 25.0 Å². The van der Waals surface area contributed by atoms with Crippen LogP contribution in [-0.2, 0) is 10.3 Å². The summed E-state index contributed by atoms with van der Waals surface area (Å²) in [6, 6.07) is 18.5. The lowest BCUT2D eigenvalue weighted by Crippen LogP contribution is -2.59. The molecule has 3 aliphatic rings. The number of fused-ring (bicyclic) bond motifs is 6. The molecule has 7 nitrogen and oxygen atoms in total. The number of hydrogen-bond donors (Lipinski definition) is 1. The van der Waals surface area contributed by atoms with Gasteiger partial charge in [-0.15, -0.1) is 0 Å². The van der Waals surface area contributed by atoms with Crippen LogP contribution >= 0.6 is 0 Å². The fraction of sp³-hybridized carbons (Fsp3) is 0.345. The maximum atomic E-state index is 13.5. The monoisotopic (exact) mass is 480 g/mol. The number of ether oxygens (including phenoxy) is 1. The fourth-order valence-electron chi connectivity index (χ4n) is 6.78. The molecule has 0 saturated carbocycles. The number of carbonyl (C=O) groups excluding carboxylic acids is 1. The summed E-state index contributed by atoms with van der Waals surface area (Å²) in [5.74, 6) is 0.610. The van der Waals surface area contributed by atoms with Crippen LogP contribution in [0.15, 0.2) is 73.2 Å². The van der Waals surface area contributed by atoms with Crippen LogP contribution in [0.3, 0.4) is 0 Å². The molecule has 36 heavy (non-hydrogen) atoms. The van der Waals surface area contributed by atoms with E-state index in [1.54, 1.807) is 12.4 Å². The van der Waals surface area contributed by atoms with Crippen molar-refractivity contribution in [3.05, 3.63) is 90.0 Å². The van der Waals surface area contributed by atoms with E-state index in [9.17, 15) is 9.90 Å². The number of benzene rings is 2. The van der Waals surface area contributed by atoms with Gasteiger partial charge in [0.1, 0.15) is 12.2 Å². The second-order valence-electron chi connectivity index (χ2n) is 10.3. The van der Waals surface area contributed by atoms with Crippen LogP contribution in [0.4, 0.5) is 4.79 Å². The zero-order chi connectivity index (χ0) is 24.3. The van der Waals surface area contributed by atoms with Gasteiger partial charge in [-0.2, -0.15) is 0 Å². The van der Waals surface area contributed by atoms with Gasteiger partial charge in [0.25, 0.3) is 0 Å². The normalized spacial score (nSPS) is 25.0. The van der Waals surface area contributed by atoms with E-state index in [2.05, 4.69) is 46.4 Å². The third-order valence-corrected chi connectivity index (χ3v) is 8.32. The first-order valence-electron chi connectivity index (χ1n) is 12.8. The van der Waals surface area contributed by atoms with Gasteiger partial charge < -0.3 is 14.7 Å². The standard InChI is InChI=1S/C29H28N4O3/c34-28(36-18-25-23-11-3-1-9-21(23)22-10-2-4-12-24(22)25)33-19-7-5-8-20(33)16-29(35,15-19)26-17-31-27-30-13-6-14-32(26)27/h1-4,6,9-14,17,19-20,25,35H,5,7-8,15-16,18H2. The molecule has 0 radical (unpaired) electrons. The van der Waals surface area contributed by atoms with Crippen molar-refractivity contribution in [1.29, 1.82) is 0 Å². The molecule has 182 valence electrons. The zero-order valence-electron chi connectivity index (χ0n) is 20.0. The fourth-order valence-corrected chi connectivity index (χ4v) is 6.78. The molecule has 0 spiro atoms. The third kappa shape index (κ3) is 3.26. The van der Waals surface area contributed by atoms with Gasteiger partial charge in [-0.1, -0.05) is 48.5 Å². The molecule has 2 unspecified atom stereocenters. The van der Waals surface area contributed by atoms with Crippen LogP contribution in [0, 0.1) is 0 Å². The molecule has 4 aromatic rings. The molecule has 2 aliphatic heterocycles. The summed E-state index contributed by atoms with van der Waals surface area (Å²) in [4.78, 5) is 24.1. The number of aliphatic hydroxyl groups is 1. The van der Waals surface area contributed by atoms with Crippen molar-refractivity contribution in [3.63, 3.8) is 0 Å². The number of carbonyl (C=O) groups is 1. The van der Waals surface area contributed by atoms with Gasteiger partial charge >= 0.3 is 6.09 Å². The quantitative estimate of drug-likeness (QED) is 0.452. The SMILES string of the molecule is O=C(OCC1c2ccccc2-c2ccccc21)N1C2CCCC1CC(O)(c1cnc3ncccn13)C2. The lowest BCUT2D eigenvalue weighted by Gasteiger charge is -2.51. The molecule has 1 N–H and O–H groups in total. The van der Waals surface area contributed by atoms with E-state index in [1.165, 1.54) is 22.3 Å². The Labute approximate surface area is 209 Å². The Kier molecular flexibility index (Phi) is 4.89. The van der Waals surface area contributed by atoms with Gasteiger partial charge in [0.05, 0.1) is 11.9 Å². The first-order chi connectivity index (χ1) is 17.6. The molecule has 1 amide bonds. The lowest BCUT2D eigenvalue weighted by molar-refractivity contribution is -0.0917. The molecule has 7 heteroatoms. The number of rotatable bonds is 3. The second-order valence-corrected chi connectivity index (χ2v) is 10.3. The maximum absolute atomic E-state index is 13.5.